The largest absolute Gasteiger partial charge is 0.396 e. The van der Waals surface area contributed by atoms with E-state index in [4.69, 9.17) is 10.5 Å². The fourth-order valence-corrected chi connectivity index (χ4v) is 11.1. The molecule has 0 atom stereocenters. The van der Waals surface area contributed by atoms with Gasteiger partial charge in [0.2, 0.25) is 0 Å². The summed E-state index contributed by atoms with van der Waals surface area (Å²) >= 11 is 0. The minimum atomic E-state index is 0.374. The lowest BCUT2D eigenvalue weighted by Gasteiger charge is -2.05. The van der Waals surface area contributed by atoms with Gasteiger partial charge >= 0.3 is 0 Å². The van der Waals surface area contributed by atoms with Crippen LogP contribution in [-0.4, -0.2) is 17.9 Å². The van der Waals surface area contributed by atoms with Gasteiger partial charge in [-0.3, -0.25) is 0 Å². The normalized spacial score (nSPS) is 11.7. The van der Waals surface area contributed by atoms with Gasteiger partial charge in [-0.1, -0.05) is 392 Å². The standard InChI is InChI=1S/C66H133NO/c67-65-63-61-59-57-55-53-51-49-47-45-43-41-39-37-35-33-31-29-27-25-23-21-19-17-15-13-11-9-7-5-3-1-2-4-6-8-10-12-14-16-18-20-22-24-26-28-30-32-34-36-38-40-42-44-46-48-50-52-54-56-58-60-62-64-66-68/h65,67-68H,1-64,66H2. The lowest BCUT2D eigenvalue weighted by atomic mass is 10.0. The van der Waals surface area contributed by atoms with E-state index in [-0.39, 0.29) is 0 Å². The monoisotopic (exact) mass is 956 g/mol. The van der Waals surface area contributed by atoms with E-state index in [9.17, 15) is 0 Å². The predicted octanol–water partition coefficient (Wildman–Crippen LogP) is 24.6. The Morgan fingerprint density at radius 2 is 0.235 bits per heavy atom. The van der Waals surface area contributed by atoms with Gasteiger partial charge in [-0.25, -0.2) is 0 Å². The van der Waals surface area contributed by atoms with Crippen LogP contribution in [0.25, 0.3) is 0 Å². The number of aliphatic hydroxyl groups is 1. The maximum atomic E-state index is 8.84. The summed E-state index contributed by atoms with van der Waals surface area (Å²) in [5.41, 5.74) is 0. The van der Waals surface area contributed by atoms with Crippen molar-refractivity contribution in [3.05, 3.63) is 0 Å². The molecule has 0 aromatic carbocycles. The van der Waals surface area contributed by atoms with E-state index < -0.39 is 0 Å². The first-order valence-electron chi connectivity index (χ1n) is 33.0. The molecule has 68 heavy (non-hydrogen) atoms. The summed E-state index contributed by atoms with van der Waals surface area (Å²) in [6.07, 6.45) is 94.2. The second-order valence-electron chi connectivity index (χ2n) is 23.0. The van der Waals surface area contributed by atoms with Gasteiger partial charge in [-0.05, 0) is 25.5 Å². The average Bonchev–Trinajstić information content (AvgIpc) is 3.35. The van der Waals surface area contributed by atoms with Crippen LogP contribution in [0.3, 0.4) is 0 Å². The second-order valence-corrected chi connectivity index (χ2v) is 23.0. The van der Waals surface area contributed by atoms with Gasteiger partial charge in [0.1, 0.15) is 0 Å². The van der Waals surface area contributed by atoms with Crippen molar-refractivity contribution in [1.29, 1.82) is 5.41 Å². The van der Waals surface area contributed by atoms with Gasteiger partial charge in [0.15, 0.2) is 0 Å². The molecule has 0 heterocycles. The van der Waals surface area contributed by atoms with Gasteiger partial charge in [-0.15, -0.1) is 0 Å². The Bertz CT molecular complexity index is 841. The second kappa shape index (κ2) is 66.6. The fourth-order valence-electron chi connectivity index (χ4n) is 11.1. The van der Waals surface area contributed by atoms with E-state index in [2.05, 4.69) is 0 Å². The molecule has 0 saturated carbocycles. The molecule has 408 valence electrons. The first-order valence-corrected chi connectivity index (χ1v) is 33.0. The Labute approximate surface area is 432 Å². The zero-order valence-corrected chi connectivity index (χ0v) is 47.5. The molecule has 0 aliphatic rings. The molecule has 0 unspecified atom stereocenters. The SMILES string of the molecule is N=CCCCCCCCCCCCCCCCCCCCCCCCCCCCCCCCCCCCCCCCCCCCCCCCCCCCCCCCCCCCCCCCCCO. The molecule has 0 amide bonds. The number of unbranched alkanes of at least 4 members (excludes halogenated alkanes) is 63. The third-order valence-electron chi connectivity index (χ3n) is 16.0. The highest BCUT2D eigenvalue weighted by Crippen LogP contribution is 2.20. The van der Waals surface area contributed by atoms with Crippen LogP contribution in [0.1, 0.15) is 411 Å². The van der Waals surface area contributed by atoms with Crippen molar-refractivity contribution in [1.82, 2.24) is 0 Å². The van der Waals surface area contributed by atoms with Crippen LogP contribution in [0, 0.1) is 5.41 Å². The van der Waals surface area contributed by atoms with E-state index in [1.807, 2.05) is 0 Å². The summed E-state index contributed by atoms with van der Waals surface area (Å²) in [4.78, 5) is 0. The van der Waals surface area contributed by atoms with Crippen molar-refractivity contribution in [2.24, 2.45) is 0 Å². The molecule has 0 fully saturated rings. The van der Waals surface area contributed by atoms with Crippen LogP contribution in [-0.2, 0) is 0 Å². The summed E-state index contributed by atoms with van der Waals surface area (Å²) < 4.78 is 0. The van der Waals surface area contributed by atoms with Crippen molar-refractivity contribution in [2.75, 3.05) is 6.61 Å². The first-order chi connectivity index (χ1) is 33.9. The minimum absolute atomic E-state index is 0.374. The fraction of sp³-hybridized carbons (Fsp3) is 0.985. The zero-order valence-electron chi connectivity index (χ0n) is 47.5. The molecular formula is C66H133NO. The van der Waals surface area contributed by atoms with E-state index >= 15 is 0 Å². The molecule has 2 N–H and O–H groups in total. The van der Waals surface area contributed by atoms with Crippen molar-refractivity contribution in [3.63, 3.8) is 0 Å². The molecule has 0 rings (SSSR count). The molecule has 2 heteroatoms. The maximum Gasteiger partial charge on any atom is 0.0431 e. The number of nitrogens with one attached hydrogen (secondary N) is 1. The van der Waals surface area contributed by atoms with Gasteiger partial charge in [0, 0.05) is 6.61 Å². The van der Waals surface area contributed by atoms with E-state index in [0.29, 0.717) is 6.61 Å². The number of hydrogen-bond donors (Lipinski definition) is 2. The minimum Gasteiger partial charge on any atom is -0.396 e. The van der Waals surface area contributed by atoms with E-state index in [0.717, 1.165) is 12.8 Å². The Balaban J connectivity index is 3.07. The smallest absolute Gasteiger partial charge is 0.0431 e. The Hall–Kier alpha value is -0.370. The van der Waals surface area contributed by atoms with E-state index in [1.54, 1.807) is 6.21 Å². The third-order valence-corrected chi connectivity index (χ3v) is 16.0. The lowest BCUT2D eigenvalue weighted by Crippen LogP contribution is -1.85. The number of hydrogen-bond acceptors (Lipinski definition) is 2. The summed E-state index contributed by atoms with van der Waals surface area (Å²) in [5.74, 6) is 0. The summed E-state index contributed by atoms with van der Waals surface area (Å²) in [7, 11) is 0. The number of rotatable bonds is 65. The molecule has 0 spiro atoms. The van der Waals surface area contributed by atoms with Gasteiger partial charge in [-0.2, -0.15) is 0 Å². The van der Waals surface area contributed by atoms with Crippen LogP contribution in [0.2, 0.25) is 0 Å². The van der Waals surface area contributed by atoms with Gasteiger partial charge in [0.25, 0.3) is 0 Å². The highest BCUT2D eigenvalue weighted by molar-refractivity contribution is 5.52. The topological polar surface area (TPSA) is 44.1 Å². The van der Waals surface area contributed by atoms with Crippen LogP contribution in [0.4, 0.5) is 0 Å². The van der Waals surface area contributed by atoms with Crippen LogP contribution in [0.5, 0.6) is 0 Å². The average molecular weight is 957 g/mol. The van der Waals surface area contributed by atoms with Gasteiger partial charge in [0.05, 0.1) is 0 Å². The lowest BCUT2D eigenvalue weighted by molar-refractivity contribution is 0.282. The molecule has 0 bridgehead atoms. The van der Waals surface area contributed by atoms with Crippen LogP contribution in [0.15, 0.2) is 0 Å². The summed E-state index contributed by atoms with van der Waals surface area (Å²) in [6.45, 7) is 0.374. The Kier molecular flexibility index (Phi) is 66.3. The van der Waals surface area contributed by atoms with E-state index in [1.165, 1.54) is 398 Å². The number of aliphatic hydroxyl groups excluding tert-OH is 1. The van der Waals surface area contributed by atoms with Crippen LogP contribution >= 0.6 is 0 Å². The molecule has 0 aliphatic heterocycles. The van der Waals surface area contributed by atoms with Crippen molar-refractivity contribution >= 4 is 6.21 Å². The molecule has 0 aromatic rings. The Morgan fingerprint density at radius 1 is 0.147 bits per heavy atom. The molecular weight excluding hydrogens is 823 g/mol. The molecule has 0 aromatic heterocycles. The van der Waals surface area contributed by atoms with Crippen molar-refractivity contribution < 1.29 is 5.11 Å². The maximum absolute atomic E-state index is 8.84. The third kappa shape index (κ3) is 65.6. The van der Waals surface area contributed by atoms with Crippen LogP contribution < -0.4 is 0 Å². The highest BCUT2D eigenvalue weighted by atomic mass is 16.2. The zero-order chi connectivity index (χ0) is 48.7. The predicted molar refractivity (Wildman–Crippen MR) is 311 cm³/mol. The summed E-state index contributed by atoms with van der Waals surface area (Å²) in [6, 6.07) is 0. The highest BCUT2D eigenvalue weighted by Gasteiger charge is 2.00. The van der Waals surface area contributed by atoms with Crippen molar-refractivity contribution in [3.8, 4) is 0 Å². The van der Waals surface area contributed by atoms with Gasteiger partial charge < -0.3 is 10.5 Å². The summed E-state index contributed by atoms with van der Waals surface area (Å²) in [5, 5.41) is 15.9. The first kappa shape index (κ1) is 67.6. The van der Waals surface area contributed by atoms with Crippen molar-refractivity contribution in [2.45, 2.75) is 411 Å². The molecule has 0 saturated heterocycles. The quantitative estimate of drug-likeness (QED) is 0.0463. The Morgan fingerprint density at radius 3 is 0.324 bits per heavy atom. The molecule has 0 radical (unpaired) electrons. The molecule has 0 aliphatic carbocycles. The molecule has 2 nitrogen and oxygen atoms in total.